The van der Waals surface area contributed by atoms with Crippen LogP contribution in [0.4, 0.5) is 16.3 Å². The lowest BCUT2D eigenvalue weighted by Crippen LogP contribution is -2.20. The smallest absolute Gasteiger partial charge is 0.250 e. The van der Waals surface area contributed by atoms with Gasteiger partial charge in [-0.1, -0.05) is 66.2 Å². The predicted molar refractivity (Wildman–Crippen MR) is 132 cm³/mol. The Morgan fingerprint density at radius 1 is 1.03 bits per heavy atom. The molecular formula is C26H19ClFN5O. The summed E-state index contributed by atoms with van der Waals surface area (Å²) in [6.45, 7) is 0. The molecule has 1 unspecified atom stereocenters. The molecule has 0 bridgehead atoms. The minimum atomic E-state index is -0.368. The van der Waals surface area contributed by atoms with Crippen molar-refractivity contribution in [2.45, 2.75) is 6.04 Å². The lowest BCUT2D eigenvalue weighted by molar-refractivity contribution is -0.111. The molecule has 1 aliphatic rings. The van der Waals surface area contributed by atoms with E-state index in [1.807, 2.05) is 48.5 Å². The van der Waals surface area contributed by atoms with Crippen LogP contribution in [0.15, 0.2) is 91.0 Å². The molecule has 0 aliphatic carbocycles. The van der Waals surface area contributed by atoms with Crippen LogP contribution in [0.1, 0.15) is 22.7 Å². The molecule has 2 heterocycles. The molecular weight excluding hydrogens is 453 g/mol. The summed E-state index contributed by atoms with van der Waals surface area (Å²) in [5, 5.41) is 11.1. The van der Waals surface area contributed by atoms with E-state index in [-0.39, 0.29) is 23.7 Å². The van der Waals surface area contributed by atoms with E-state index in [2.05, 4.69) is 20.7 Å². The third kappa shape index (κ3) is 4.74. The molecule has 8 heteroatoms. The molecule has 0 spiro atoms. The van der Waals surface area contributed by atoms with Gasteiger partial charge < -0.3 is 5.32 Å². The van der Waals surface area contributed by atoms with Crippen molar-refractivity contribution in [2.75, 3.05) is 10.6 Å². The number of rotatable bonds is 5. The van der Waals surface area contributed by atoms with E-state index in [4.69, 9.17) is 11.6 Å². The Hall–Kier alpha value is -4.23. The largest absolute Gasteiger partial charge is 0.324 e. The molecule has 5 rings (SSSR count). The summed E-state index contributed by atoms with van der Waals surface area (Å²) in [5.74, 6) is -0.0626. The van der Waals surface area contributed by atoms with Crippen molar-refractivity contribution >= 4 is 41.2 Å². The van der Waals surface area contributed by atoms with Crippen molar-refractivity contribution in [3.63, 3.8) is 0 Å². The number of halogens is 2. The molecule has 1 atom stereocenters. The van der Waals surface area contributed by atoms with Crippen molar-refractivity contribution in [1.82, 2.24) is 14.8 Å². The first-order valence-corrected chi connectivity index (χ1v) is 10.9. The first-order chi connectivity index (χ1) is 16.5. The number of aromatic nitrogens is 3. The fraction of sp³-hybridized carbons (Fsp3) is 0.0385. The summed E-state index contributed by atoms with van der Waals surface area (Å²) in [5.41, 5.74) is 3.49. The molecule has 0 saturated carbocycles. The molecule has 1 aromatic heterocycles. The molecule has 6 nitrogen and oxygen atoms in total. The molecule has 168 valence electrons. The number of carbonyl (C=O) groups excluding carboxylic acids is 1. The van der Waals surface area contributed by atoms with Gasteiger partial charge in [-0.3, -0.25) is 10.1 Å². The number of allylic oxidation sites excluding steroid dienone is 1. The zero-order valence-corrected chi connectivity index (χ0v) is 18.6. The van der Waals surface area contributed by atoms with Crippen LogP contribution in [0.2, 0.25) is 5.02 Å². The van der Waals surface area contributed by atoms with Gasteiger partial charge in [-0.15, -0.1) is 5.10 Å². The maximum Gasteiger partial charge on any atom is 0.250 e. The number of hydrogen-bond donors (Lipinski definition) is 2. The van der Waals surface area contributed by atoms with E-state index in [1.165, 1.54) is 18.2 Å². The Bertz CT molecular complexity index is 1380. The average Bonchev–Trinajstić information content (AvgIpc) is 3.26. The van der Waals surface area contributed by atoms with Gasteiger partial charge in [0.1, 0.15) is 11.9 Å². The predicted octanol–water partition coefficient (Wildman–Crippen LogP) is 5.78. The van der Waals surface area contributed by atoms with Crippen molar-refractivity contribution in [3.8, 4) is 0 Å². The Balaban J connectivity index is 1.42. The van der Waals surface area contributed by atoms with Gasteiger partial charge in [-0.2, -0.15) is 4.98 Å². The van der Waals surface area contributed by atoms with Gasteiger partial charge in [-0.05, 0) is 53.1 Å². The number of nitrogens with zero attached hydrogens (tertiary/aromatic N) is 3. The second-order valence-corrected chi connectivity index (χ2v) is 8.08. The fourth-order valence-electron chi connectivity index (χ4n) is 3.63. The number of benzene rings is 3. The summed E-state index contributed by atoms with van der Waals surface area (Å²) in [7, 11) is 0. The van der Waals surface area contributed by atoms with Crippen LogP contribution in [-0.2, 0) is 4.79 Å². The second-order valence-electron chi connectivity index (χ2n) is 7.65. The molecule has 0 fully saturated rings. The van der Waals surface area contributed by atoms with Gasteiger partial charge in [-0.25, -0.2) is 9.07 Å². The van der Waals surface area contributed by atoms with E-state index in [9.17, 15) is 9.18 Å². The van der Waals surface area contributed by atoms with Crippen molar-refractivity contribution < 1.29 is 9.18 Å². The van der Waals surface area contributed by atoms with Gasteiger partial charge in [0.25, 0.3) is 11.9 Å². The first-order valence-electron chi connectivity index (χ1n) is 10.6. The summed E-state index contributed by atoms with van der Waals surface area (Å²) in [6, 6.07) is 22.8. The number of hydrogen-bond acceptors (Lipinski definition) is 4. The third-order valence-corrected chi connectivity index (χ3v) is 5.55. The number of nitrogens with one attached hydrogen (secondary N) is 2. The Kier molecular flexibility index (Phi) is 5.93. The molecule has 34 heavy (non-hydrogen) atoms. The molecule has 3 aromatic carbocycles. The molecule has 4 aromatic rings. The van der Waals surface area contributed by atoms with Gasteiger partial charge in [0.2, 0.25) is 5.95 Å². The monoisotopic (exact) mass is 471 g/mol. The van der Waals surface area contributed by atoms with Crippen LogP contribution in [0, 0.1) is 5.82 Å². The molecule has 1 aliphatic heterocycles. The summed E-state index contributed by atoms with van der Waals surface area (Å²) in [4.78, 5) is 16.9. The highest BCUT2D eigenvalue weighted by atomic mass is 35.5. The zero-order valence-electron chi connectivity index (χ0n) is 17.8. The van der Waals surface area contributed by atoms with E-state index < -0.39 is 0 Å². The number of carbonyl (C=O) groups is 1. The lowest BCUT2D eigenvalue weighted by Gasteiger charge is -2.24. The molecule has 0 radical (unpaired) electrons. The molecule has 1 amide bonds. The quantitative estimate of drug-likeness (QED) is 0.362. The highest BCUT2D eigenvalue weighted by molar-refractivity contribution is 6.30. The maximum absolute atomic E-state index is 13.5. The Morgan fingerprint density at radius 2 is 1.76 bits per heavy atom. The standard InChI is InChI=1S/C26H19ClFN5O/c27-20-11-6-17(7-12-20)8-15-24(34)30-25-31-26-29-22(18-4-2-1-3-5-18)16-23(33(26)32-25)19-9-13-21(28)14-10-19/h1-16,23H,(H2,29,30,31,32,34)/b15-8+. The van der Waals surface area contributed by atoms with Gasteiger partial charge in [0, 0.05) is 16.8 Å². The summed E-state index contributed by atoms with van der Waals surface area (Å²) < 4.78 is 15.2. The SMILES string of the molecule is O=C(/C=C/c1ccc(Cl)cc1)Nc1nc2n(n1)C(c1ccc(F)cc1)C=C(c1ccccc1)N2. The third-order valence-electron chi connectivity index (χ3n) is 5.29. The van der Waals surface area contributed by atoms with Crippen LogP contribution in [-0.4, -0.2) is 20.7 Å². The lowest BCUT2D eigenvalue weighted by atomic mass is 10.0. The second kappa shape index (κ2) is 9.33. The summed E-state index contributed by atoms with van der Waals surface area (Å²) in [6.07, 6.45) is 5.08. The number of fused-ring (bicyclic) bond motifs is 1. The van der Waals surface area contributed by atoms with E-state index in [1.54, 1.807) is 35.0 Å². The minimum Gasteiger partial charge on any atom is -0.324 e. The van der Waals surface area contributed by atoms with E-state index in [0.29, 0.717) is 11.0 Å². The van der Waals surface area contributed by atoms with Crippen LogP contribution >= 0.6 is 11.6 Å². The molecule has 0 saturated heterocycles. The fourth-order valence-corrected chi connectivity index (χ4v) is 3.75. The van der Waals surface area contributed by atoms with Crippen LogP contribution in [0.3, 0.4) is 0 Å². The minimum absolute atomic E-state index is 0.156. The number of amides is 1. The zero-order chi connectivity index (χ0) is 23.5. The van der Waals surface area contributed by atoms with Gasteiger partial charge in [0.15, 0.2) is 0 Å². The topological polar surface area (TPSA) is 71.8 Å². The van der Waals surface area contributed by atoms with Crippen LogP contribution in [0.25, 0.3) is 11.8 Å². The van der Waals surface area contributed by atoms with Crippen molar-refractivity contribution in [1.29, 1.82) is 0 Å². The Labute approximate surface area is 200 Å². The van der Waals surface area contributed by atoms with E-state index in [0.717, 1.165) is 22.4 Å². The normalized spacial score (nSPS) is 14.9. The Morgan fingerprint density at radius 3 is 2.50 bits per heavy atom. The van der Waals surface area contributed by atoms with Crippen LogP contribution < -0.4 is 10.6 Å². The average molecular weight is 472 g/mol. The van der Waals surface area contributed by atoms with E-state index >= 15 is 0 Å². The van der Waals surface area contributed by atoms with Crippen molar-refractivity contribution in [2.24, 2.45) is 0 Å². The van der Waals surface area contributed by atoms with Gasteiger partial charge >= 0.3 is 0 Å². The number of anilines is 2. The van der Waals surface area contributed by atoms with Crippen LogP contribution in [0.5, 0.6) is 0 Å². The first kappa shape index (κ1) is 21.6. The maximum atomic E-state index is 13.5. The highest BCUT2D eigenvalue weighted by Gasteiger charge is 2.25. The van der Waals surface area contributed by atoms with Gasteiger partial charge in [0.05, 0.1) is 0 Å². The summed E-state index contributed by atoms with van der Waals surface area (Å²) >= 11 is 5.89. The highest BCUT2D eigenvalue weighted by Crippen LogP contribution is 2.33. The molecule has 2 N–H and O–H groups in total. The van der Waals surface area contributed by atoms with Crippen molar-refractivity contribution in [3.05, 3.63) is 119 Å².